The van der Waals surface area contributed by atoms with Crippen molar-refractivity contribution in [3.05, 3.63) is 53.6 Å². The highest BCUT2D eigenvalue weighted by Gasteiger charge is 2.76. The molecule has 2 aromatic carbocycles. The quantitative estimate of drug-likeness (QED) is 0.302. The molecule has 7 atom stereocenters. The number of ether oxygens (including phenoxy) is 1. The summed E-state index contributed by atoms with van der Waals surface area (Å²) in [5.74, 6) is -1.28. The SMILES string of the molecule is CCOc1ccc(NC(=O)[C@H]2[C@H]3C(=O)N([C@@H](CO)CC(C)C)C(C(=O)Nc4ccc(Cl)cc4)C34CC(Br)[C@@H]2S4)cc1. The molecule has 0 aliphatic carbocycles. The van der Waals surface area contributed by atoms with E-state index in [-0.39, 0.29) is 40.3 Å². The minimum atomic E-state index is -0.857. The number of benzene rings is 2. The number of anilines is 2. The number of nitrogens with zero attached hydrogens (tertiary/aromatic N) is 1. The molecule has 0 aromatic heterocycles. The zero-order valence-corrected chi connectivity index (χ0v) is 26.3. The standard InChI is InChI=1S/C30H35BrClN3O5S/c1-4-40-21-11-9-19(10-12-21)33-27(37)23-24-29(39)35(20(15-36)13-16(2)3)26(30(24)14-22(31)25(23)41-30)28(38)34-18-7-5-17(32)6-8-18/h5-12,16,20,22-26,36H,4,13-15H2,1-3H3,(H,33,37)(H,34,38)/t20-,22?,23+,24+,25+,26?,30?/m1/s1. The first-order valence-corrected chi connectivity index (χ1v) is 16.1. The minimum absolute atomic E-state index is 0.0592. The smallest absolute Gasteiger partial charge is 0.248 e. The molecular weight excluding hydrogens is 630 g/mol. The summed E-state index contributed by atoms with van der Waals surface area (Å²) in [5, 5.41) is 16.8. The van der Waals surface area contributed by atoms with Crippen LogP contribution >= 0.6 is 39.3 Å². The topological polar surface area (TPSA) is 108 Å². The van der Waals surface area contributed by atoms with E-state index in [9.17, 15) is 19.5 Å². The normalized spacial score (nSPS) is 29.0. The molecule has 3 amide bonds. The van der Waals surface area contributed by atoms with Crippen molar-refractivity contribution in [2.75, 3.05) is 23.8 Å². The third-order valence-corrected chi connectivity index (χ3v) is 11.6. The molecule has 3 heterocycles. The summed E-state index contributed by atoms with van der Waals surface area (Å²) in [6, 6.07) is 12.5. The number of nitrogens with one attached hydrogen (secondary N) is 2. The van der Waals surface area contributed by atoms with Gasteiger partial charge >= 0.3 is 0 Å². The molecule has 0 radical (unpaired) electrons. The van der Waals surface area contributed by atoms with E-state index in [0.29, 0.717) is 41.6 Å². The lowest BCUT2D eigenvalue weighted by molar-refractivity contribution is -0.141. The monoisotopic (exact) mass is 663 g/mol. The first-order chi connectivity index (χ1) is 19.6. The van der Waals surface area contributed by atoms with E-state index in [1.54, 1.807) is 65.2 Å². The van der Waals surface area contributed by atoms with Gasteiger partial charge in [-0.3, -0.25) is 14.4 Å². The highest BCUT2D eigenvalue weighted by molar-refractivity contribution is 9.09. The van der Waals surface area contributed by atoms with Gasteiger partial charge in [0, 0.05) is 26.5 Å². The van der Waals surface area contributed by atoms with Crippen LogP contribution in [0.15, 0.2) is 48.5 Å². The molecule has 5 rings (SSSR count). The van der Waals surface area contributed by atoms with Crippen LogP contribution in [0.5, 0.6) is 5.75 Å². The predicted octanol–water partition coefficient (Wildman–Crippen LogP) is 5.19. The van der Waals surface area contributed by atoms with Gasteiger partial charge in [0.2, 0.25) is 17.7 Å². The van der Waals surface area contributed by atoms with Crippen molar-refractivity contribution in [1.29, 1.82) is 0 Å². The summed E-state index contributed by atoms with van der Waals surface area (Å²) in [7, 11) is 0. The molecular formula is C30H35BrClN3O5S. The van der Waals surface area contributed by atoms with E-state index < -0.39 is 28.7 Å². The van der Waals surface area contributed by atoms with Gasteiger partial charge in [-0.15, -0.1) is 11.8 Å². The number of hydrogen-bond acceptors (Lipinski definition) is 6. The van der Waals surface area contributed by atoms with Gasteiger partial charge in [0.1, 0.15) is 11.8 Å². The van der Waals surface area contributed by atoms with E-state index in [1.165, 1.54) is 0 Å². The van der Waals surface area contributed by atoms with Gasteiger partial charge in [-0.05, 0) is 74.2 Å². The molecule has 3 aliphatic heterocycles. The molecule has 3 N–H and O–H groups in total. The summed E-state index contributed by atoms with van der Waals surface area (Å²) >= 11 is 11.4. The second kappa shape index (κ2) is 12.1. The van der Waals surface area contributed by atoms with Crippen LogP contribution < -0.4 is 15.4 Å². The van der Waals surface area contributed by atoms with Crippen molar-refractivity contribution in [2.45, 2.75) is 60.5 Å². The van der Waals surface area contributed by atoms with Gasteiger partial charge in [0.15, 0.2) is 0 Å². The maximum absolute atomic E-state index is 14.3. The number of rotatable bonds is 10. The third-order valence-electron chi connectivity index (χ3n) is 8.17. The Kier molecular flexibility index (Phi) is 8.95. The van der Waals surface area contributed by atoms with E-state index in [4.69, 9.17) is 16.3 Å². The highest BCUT2D eigenvalue weighted by atomic mass is 79.9. The van der Waals surface area contributed by atoms with Gasteiger partial charge in [0.05, 0.1) is 35.8 Å². The second-order valence-electron chi connectivity index (χ2n) is 11.3. The maximum atomic E-state index is 14.3. The zero-order valence-electron chi connectivity index (χ0n) is 23.2. The molecule has 3 unspecified atom stereocenters. The lowest BCUT2D eigenvalue weighted by atomic mass is 9.70. The maximum Gasteiger partial charge on any atom is 0.248 e. The van der Waals surface area contributed by atoms with E-state index in [2.05, 4.69) is 26.6 Å². The van der Waals surface area contributed by atoms with Crippen LogP contribution in [0.2, 0.25) is 5.02 Å². The predicted molar refractivity (Wildman–Crippen MR) is 166 cm³/mol. The Balaban J connectivity index is 1.49. The third kappa shape index (κ3) is 5.60. The fourth-order valence-electron chi connectivity index (χ4n) is 6.65. The number of hydrogen-bond donors (Lipinski definition) is 3. The fraction of sp³-hybridized carbons (Fsp3) is 0.500. The zero-order chi connectivity index (χ0) is 29.5. The number of alkyl halides is 1. The summed E-state index contributed by atoms with van der Waals surface area (Å²) in [4.78, 5) is 43.8. The fourth-order valence-corrected chi connectivity index (χ4v) is 10.4. The number of fused-ring (bicyclic) bond motifs is 1. The van der Waals surface area contributed by atoms with Crippen LogP contribution in [0.1, 0.15) is 33.6 Å². The van der Waals surface area contributed by atoms with Crippen molar-refractivity contribution in [3.63, 3.8) is 0 Å². The first kappa shape index (κ1) is 30.2. The van der Waals surface area contributed by atoms with Crippen molar-refractivity contribution < 1.29 is 24.2 Å². The molecule has 2 bridgehead atoms. The number of carbonyl (C=O) groups is 3. The van der Waals surface area contributed by atoms with Crippen molar-refractivity contribution >= 4 is 68.4 Å². The van der Waals surface area contributed by atoms with E-state index in [0.717, 1.165) is 0 Å². The van der Waals surface area contributed by atoms with Crippen molar-refractivity contribution in [1.82, 2.24) is 4.90 Å². The van der Waals surface area contributed by atoms with Gasteiger partial charge in [-0.25, -0.2) is 0 Å². The first-order valence-electron chi connectivity index (χ1n) is 13.9. The lowest BCUT2D eigenvalue weighted by Crippen LogP contribution is -2.55. The average Bonchev–Trinajstić information content (AvgIpc) is 3.53. The van der Waals surface area contributed by atoms with Gasteiger partial charge in [-0.1, -0.05) is 41.4 Å². The molecule has 41 heavy (non-hydrogen) atoms. The van der Waals surface area contributed by atoms with E-state index in [1.807, 2.05) is 20.8 Å². The number of thioether (sulfide) groups is 1. The summed E-state index contributed by atoms with van der Waals surface area (Å²) in [6.45, 7) is 6.22. The van der Waals surface area contributed by atoms with Crippen LogP contribution in [-0.4, -0.2) is 67.8 Å². The van der Waals surface area contributed by atoms with Crippen LogP contribution in [0, 0.1) is 17.8 Å². The molecule has 0 saturated carbocycles. The Morgan fingerprint density at radius 3 is 2.32 bits per heavy atom. The molecule has 11 heteroatoms. The van der Waals surface area contributed by atoms with Gasteiger partial charge < -0.3 is 25.4 Å². The van der Waals surface area contributed by atoms with Crippen LogP contribution in [0.25, 0.3) is 0 Å². The minimum Gasteiger partial charge on any atom is -0.494 e. The molecule has 8 nitrogen and oxygen atoms in total. The number of halogens is 2. The summed E-state index contributed by atoms with van der Waals surface area (Å²) in [6.07, 6.45) is 1.09. The highest BCUT2D eigenvalue weighted by Crippen LogP contribution is 2.68. The van der Waals surface area contributed by atoms with Crippen molar-refractivity contribution in [3.8, 4) is 5.75 Å². The Labute approximate surface area is 258 Å². The number of carbonyl (C=O) groups excluding carboxylic acids is 3. The lowest BCUT2D eigenvalue weighted by Gasteiger charge is -2.37. The van der Waals surface area contributed by atoms with Crippen LogP contribution in [0.4, 0.5) is 11.4 Å². The Morgan fingerprint density at radius 1 is 1.12 bits per heavy atom. The van der Waals surface area contributed by atoms with Crippen molar-refractivity contribution in [2.24, 2.45) is 17.8 Å². The molecule has 3 aliphatic rings. The number of amides is 3. The largest absolute Gasteiger partial charge is 0.494 e. The van der Waals surface area contributed by atoms with Gasteiger partial charge in [-0.2, -0.15) is 0 Å². The van der Waals surface area contributed by atoms with Gasteiger partial charge in [0.25, 0.3) is 0 Å². The number of likely N-dealkylation sites (tertiary alicyclic amines) is 1. The summed E-state index contributed by atoms with van der Waals surface area (Å²) < 4.78 is 4.69. The number of aliphatic hydroxyl groups excluding tert-OH is 1. The molecule has 1 spiro atoms. The van der Waals surface area contributed by atoms with Crippen LogP contribution in [-0.2, 0) is 14.4 Å². The van der Waals surface area contributed by atoms with E-state index >= 15 is 0 Å². The molecule has 3 fully saturated rings. The second-order valence-corrected chi connectivity index (χ2v) is 14.5. The Morgan fingerprint density at radius 2 is 1.73 bits per heavy atom. The Hall–Kier alpha value is -2.27. The van der Waals surface area contributed by atoms with Crippen LogP contribution in [0.3, 0.4) is 0 Å². The molecule has 2 aromatic rings. The Bertz CT molecular complexity index is 1300. The molecule has 220 valence electrons. The molecule has 3 saturated heterocycles. The number of aliphatic hydroxyl groups is 1. The summed E-state index contributed by atoms with van der Waals surface area (Å²) in [5.41, 5.74) is 1.17. The average molecular weight is 665 g/mol.